The molecule has 2 amide bonds. The molecular formula is C26H35BrN2O3. The van der Waals surface area contributed by atoms with Crippen LogP contribution >= 0.6 is 15.9 Å². The lowest BCUT2D eigenvalue weighted by molar-refractivity contribution is -0.142. The molecule has 1 N–H and O–H groups in total. The fraction of sp³-hybridized carbons (Fsp3) is 0.462. The van der Waals surface area contributed by atoms with Crippen LogP contribution in [-0.2, 0) is 21.5 Å². The quantitative estimate of drug-likeness (QED) is 0.495. The molecule has 2 aromatic carbocycles. The van der Waals surface area contributed by atoms with Gasteiger partial charge in [0.25, 0.3) is 5.91 Å². The second kappa shape index (κ2) is 11.5. The van der Waals surface area contributed by atoms with Crippen molar-refractivity contribution in [2.45, 2.75) is 72.0 Å². The second-order valence-electron chi connectivity index (χ2n) is 9.18. The third-order valence-electron chi connectivity index (χ3n) is 5.48. The van der Waals surface area contributed by atoms with Gasteiger partial charge in [-0.1, -0.05) is 74.0 Å². The first kappa shape index (κ1) is 25.9. The van der Waals surface area contributed by atoms with Crippen LogP contribution in [0.3, 0.4) is 0 Å². The highest BCUT2D eigenvalue weighted by Crippen LogP contribution is 2.31. The van der Waals surface area contributed by atoms with Gasteiger partial charge in [0.15, 0.2) is 6.61 Å². The van der Waals surface area contributed by atoms with Crippen molar-refractivity contribution in [1.82, 2.24) is 10.2 Å². The largest absolute Gasteiger partial charge is 0.483 e. The molecule has 174 valence electrons. The topological polar surface area (TPSA) is 58.6 Å². The van der Waals surface area contributed by atoms with E-state index in [9.17, 15) is 9.59 Å². The van der Waals surface area contributed by atoms with Gasteiger partial charge >= 0.3 is 0 Å². The number of benzene rings is 2. The summed E-state index contributed by atoms with van der Waals surface area (Å²) in [5.41, 5.74) is 1.87. The van der Waals surface area contributed by atoms with E-state index in [4.69, 9.17) is 4.74 Å². The van der Waals surface area contributed by atoms with Gasteiger partial charge in [0.05, 0.1) is 0 Å². The molecule has 0 saturated heterocycles. The van der Waals surface area contributed by atoms with Gasteiger partial charge in [-0.2, -0.15) is 0 Å². The van der Waals surface area contributed by atoms with Gasteiger partial charge in [0, 0.05) is 17.1 Å². The molecule has 0 unspecified atom stereocenters. The zero-order valence-corrected chi connectivity index (χ0v) is 21.5. The number of carbonyl (C=O) groups is 2. The first-order chi connectivity index (χ1) is 15.0. The van der Waals surface area contributed by atoms with Crippen molar-refractivity contribution in [3.8, 4) is 5.75 Å². The molecule has 0 aromatic heterocycles. The van der Waals surface area contributed by atoms with E-state index >= 15 is 0 Å². The van der Waals surface area contributed by atoms with Crippen LogP contribution in [0.25, 0.3) is 0 Å². The molecular weight excluding hydrogens is 468 g/mol. The minimum Gasteiger partial charge on any atom is -0.483 e. The number of amides is 2. The molecule has 0 fully saturated rings. The Morgan fingerprint density at radius 3 is 2.28 bits per heavy atom. The lowest BCUT2D eigenvalue weighted by atomic mass is 9.86. The molecule has 5 nitrogen and oxygen atoms in total. The number of hydrogen-bond acceptors (Lipinski definition) is 3. The predicted octanol–water partition coefficient (Wildman–Crippen LogP) is 5.46. The van der Waals surface area contributed by atoms with E-state index in [1.165, 1.54) is 0 Å². The average Bonchev–Trinajstić information content (AvgIpc) is 2.76. The zero-order valence-electron chi connectivity index (χ0n) is 19.9. The van der Waals surface area contributed by atoms with E-state index in [0.717, 1.165) is 22.0 Å². The average molecular weight is 503 g/mol. The number of para-hydroxylation sites is 1. The van der Waals surface area contributed by atoms with Crippen molar-refractivity contribution in [1.29, 1.82) is 0 Å². The summed E-state index contributed by atoms with van der Waals surface area (Å²) in [6.07, 6.45) is 0.825. The summed E-state index contributed by atoms with van der Waals surface area (Å²) in [5.74, 6) is 0.289. The van der Waals surface area contributed by atoms with Crippen molar-refractivity contribution in [3.63, 3.8) is 0 Å². The Kier molecular flexibility index (Phi) is 9.32. The van der Waals surface area contributed by atoms with Crippen molar-refractivity contribution in [2.24, 2.45) is 0 Å². The summed E-state index contributed by atoms with van der Waals surface area (Å²) in [6.45, 7) is 12.3. The molecule has 0 aliphatic rings. The maximum atomic E-state index is 13.3. The van der Waals surface area contributed by atoms with Crippen molar-refractivity contribution < 1.29 is 14.3 Å². The lowest BCUT2D eigenvalue weighted by Gasteiger charge is -2.30. The molecule has 32 heavy (non-hydrogen) atoms. The maximum Gasteiger partial charge on any atom is 0.261 e. The maximum absolute atomic E-state index is 13.3. The number of rotatable bonds is 9. The van der Waals surface area contributed by atoms with Crippen molar-refractivity contribution in [2.75, 3.05) is 6.61 Å². The van der Waals surface area contributed by atoms with Crippen LogP contribution in [0.2, 0.25) is 0 Å². The highest BCUT2D eigenvalue weighted by Gasteiger charge is 2.28. The molecule has 0 saturated carbocycles. The number of hydrogen-bond donors (Lipinski definition) is 1. The molecule has 0 aliphatic carbocycles. The second-order valence-corrected chi connectivity index (χ2v) is 10.1. The smallest absolute Gasteiger partial charge is 0.261 e. The third kappa shape index (κ3) is 7.37. The standard InChI is InChI=1S/C26H35BrN2O3/c1-7-18(2)28-25(31)19(3)29(16-20-12-14-21(27)15-13-20)24(30)17-32-23-11-9-8-10-22(23)26(4,5)6/h8-15,18-19H,7,16-17H2,1-6H3,(H,28,31)/t18-,19-/m1/s1. The van der Waals surface area contributed by atoms with Gasteiger partial charge < -0.3 is 15.0 Å². The Balaban J connectivity index is 2.21. The van der Waals surface area contributed by atoms with Crippen LogP contribution in [-0.4, -0.2) is 35.4 Å². The molecule has 0 heterocycles. The van der Waals surface area contributed by atoms with Crippen molar-refractivity contribution in [3.05, 3.63) is 64.1 Å². The Hall–Kier alpha value is -2.34. The highest BCUT2D eigenvalue weighted by atomic mass is 79.9. The number of carbonyl (C=O) groups excluding carboxylic acids is 2. The van der Waals surface area contributed by atoms with Crippen LogP contribution in [0.5, 0.6) is 5.75 Å². The van der Waals surface area contributed by atoms with Gasteiger partial charge in [-0.05, 0) is 55.0 Å². The minimum absolute atomic E-state index is 0.0458. The van der Waals surface area contributed by atoms with E-state index < -0.39 is 6.04 Å². The SMILES string of the molecule is CC[C@@H](C)NC(=O)[C@@H](C)N(Cc1ccc(Br)cc1)C(=O)COc1ccccc1C(C)(C)C. The number of halogens is 1. The van der Waals surface area contributed by atoms with E-state index in [2.05, 4.69) is 42.0 Å². The fourth-order valence-corrected chi connectivity index (χ4v) is 3.53. The summed E-state index contributed by atoms with van der Waals surface area (Å²) in [6, 6.07) is 14.9. The van der Waals surface area contributed by atoms with Crippen LogP contribution in [0.4, 0.5) is 0 Å². The molecule has 0 bridgehead atoms. The summed E-state index contributed by atoms with van der Waals surface area (Å²) < 4.78 is 6.93. The number of nitrogens with zero attached hydrogens (tertiary/aromatic N) is 1. The van der Waals surface area contributed by atoms with Crippen molar-refractivity contribution >= 4 is 27.7 Å². The molecule has 0 radical (unpaired) electrons. The first-order valence-electron chi connectivity index (χ1n) is 11.1. The molecule has 6 heteroatoms. The Bertz CT molecular complexity index is 906. The lowest BCUT2D eigenvalue weighted by Crippen LogP contribution is -2.50. The monoisotopic (exact) mass is 502 g/mol. The van der Waals surface area contributed by atoms with E-state index in [0.29, 0.717) is 12.3 Å². The van der Waals surface area contributed by atoms with Crippen LogP contribution < -0.4 is 10.1 Å². The molecule has 2 atom stereocenters. The predicted molar refractivity (Wildman–Crippen MR) is 133 cm³/mol. The summed E-state index contributed by atoms with van der Waals surface area (Å²) >= 11 is 3.44. The fourth-order valence-electron chi connectivity index (χ4n) is 3.27. The van der Waals surface area contributed by atoms with Crippen LogP contribution in [0.1, 0.15) is 59.1 Å². The Morgan fingerprint density at radius 1 is 1.06 bits per heavy atom. The molecule has 2 rings (SSSR count). The van der Waals surface area contributed by atoms with Gasteiger partial charge in [0.2, 0.25) is 5.91 Å². The third-order valence-corrected chi connectivity index (χ3v) is 6.01. The highest BCUT2D eigenvalue weighted by molar-refractivity contribution is 9.10. The first-order valence-corrected chi connectivity index (χ1v) is 11.9. The summed E-state index contributed by atoms with van der Waals surface area (Å²) in [7, 11) is 0. The molecule has 0 spiro atoms. The van der Waals surface area contributed by atoms with E-state index in [1.807, 2.05) is 62.4 Å². The number of ether oxygens (including phenoxy) is 1. The van der Waals surface area contributed by atoms with Gasteiger partial charge in [-0.3, -0.25) is 9.59 Å². The van der Waals surface area contributed by atoms with Gasteiger partial charge in [-0.25, -0.2) is 0 Å². The Labute approximate surface area is 200 Å². The summed E-state index contributed by atoms with van der Waals surface area (Å²) in [4.78, 5) is 27.7. The molecule has 2 aromatic rings. The number of nitrogens with one attached hydrogen (secondary N) is 1. The molecule has 0 aliphatic heterocycles. The Morgan fingerprint density at radius 2 is 1.69 bits per heavy atom. The summed E-state index contributed by atoms with van der Waals surface area (Å²) in [5, 5.41) is 2.98. The van der Waals surface area contributed by atoms with Gasteiger partial charge in [0.1, 0.15) is 11.8 Å². The van der Waals surface area contributed by atoms with E-state index in [-0.39, 0.29) is 29.9 Å². The zero-order chi connectivity index (χ0) is 23.9. The van der Waals surface area contributed by atoms with Crippen LogP contribution in [0.15, 0.2) is 53.0 Å². The van der Waals surface area contributed by atoms with E-state index in [1.54, 1.807) is 11.8 Å². The van der Waals surface area contributed by atoms with Crippen LogP contribution in [0, 0.1) is 0 Å². The van der Waals surface area contributed by atoms with Gasteiger partial charge in [-0.15, -0.1) is 0 Å². The normalized spacial score (nSPS) is 13.2. The minimum atomic E-state index is -0.624.